The first-order valence-corrected chi connectivity index (χ1v) is 9.53. The SMILES string of the molecule is CC(O)C(O)N(C)c1ccc2cc(-c3n[nH]c4c3CCC(C)(C)C4)[nH]c2c1. The van der Waals surface area contributed by atoms with E-state index in [1.54, 1.807) is 18.9 Å². The van der Waals surface area contributed by atoms with Gasteiger partial charge in [0.1, 0.15) is 5.69 Å². The van der Waals surface area contributed by atoms with Crippen LogP contribution in [0.4, 0.5) is 5.69 Å². The molecule has 0 radical (unpaired) electrons. The smallest absolute Gasteiger partial charge is 0.152 e. The summed E-state index contributed by atoms with van der Waals surface area (Å²) in [5.41, 5.74) is 6.74. The van der Waals surface area contributed by atoms with Crippen molar-refractivity contribution in [2.24, 2.45) is 5.41 Å². The summed E-state index contributed by atoms with van der Waals surface area (Å²) in [6, 6.07) is 8.10. The Morgan fingerprint density at radius 2 is 2.00 bits per heavy atom. The van der Waals surface area contributed by atoms with Gasteiger partial charge in [-0.3, -0.25) is 5.10 Å². The van der Waals surface area contributed by atoms with Crippen molar-refractivity contribution < 1.29 is 10.2 Å². The summed E-state index contributed by atoms with van der Waals surface area (Å²) in [7, 11) is 1.77. The number of fused-ring (bicyclic) bond motifs is 2. The summed E-state index contributed by atoms with van der Waals surface area (Å²) in [6.45, 7) is 6.19. The molecule has 27 heavy (non-hydrogen) atoms. The highest BCUT2D eigenvalue weighted by Crippen LogP contribution is 2.38. The minimum atomic E-state index is -0.946. The fraction of sp³-hybridized carbons (Fsp3) is 0.476. The fourth-order valence-electron chi connectivity index (χ4n) is 4.01. The van der Waals surface area contributed by atoms with Crippen LogP contribution in [-0.4, -0.2) is 44.8 Å². The summed E-state index contributed by atoms with van der Waals surface area (Å²) < 4.78 is 0. The molecule has 2 unspecified atom stereocenters. The zero-order valence-electron chi connectivity index (χ0n) is 16.4. The van der Waals surface area contributed by atoms with E-state index in [0.717, 1.165) is 40.8 Å². The van der Waals surface area contributed by atoms with E-state index in [1.807, 2.05) is 18.2 Å². The maximum absolute atomic E-state index is 10.1. The highest BCUT2D eigenvalue weighted by Gasteiger charge is 2.29. The van der Waals surface area contributed by atoms with Crippen molar-refractivity contribution in [3.63, 3.8) is 0 Å². The first kappa shape index (κ1) is 18.1. The molecule has 4 rings (SSSR count). The van der Waals surface area contributed by atoms with Crippen molar-refractivity contribution in [2.45, 2.75) is 52.4 Å². The molecule has 6 heteroatoms. The molecule has 0 bridgehead atoms. The second-order valence-corrected chi connectivity index (χ2v) is 8.59. The quantitative estimate of drug-likeness (QED) is 0.533. The Bertz CT molecular complexity index is 970. The molecular formula is C21H28N4O2. The maximum atomic E-state index is 10.1. The van der Waals surface area contributed by atoms with Gasteiger partial charge in [-0.05, 0) is 49.8 Å². The fourth-order valence-corrected chi connectivity index (χ4v) is 4.01. The topological polar surface area (TPSA) is 88.2 Å². The standard InChI is InChI=1S/C21H28N4O2/c1-12(26)20(27)25(4)14-6-5-13-9-17(22-16(13)10-14)19-15-7-8-21(2,3)11-18(15)23-24-19/h5-6,9-10,12,20,22,26-27H,7-8,11H2,1-4H3,(H,23,24). The Labute approximate surface area is 159 Å². The number of rotatable bonds is 4. The summed E-state index contributed by atoms with van der Waals surface area (Å²) in [5, 5.41) is 28.7. The molecule has 0 spiro atoms. The van der Waals surface area contributed by atoms with Gasteiger partial charge in [0.2, 0.25) is 0 Å². The first-order chi connectivity index (χ1) is 12.7. The van der Waals surface area contributed by atoms with Gasteiger partial charge in [-0.15, -0.1) is 0 Å². The molecule has 0 saturated carbocycles. The van der Waals surface area contributed by atoms with E-state index in [2.05, 4.69) is 35.1 Å². The molecule has 0 amide bonds. The highest BCUT2D eigenvalue weighted by molar-refractivity contribution is 5.88. The van der Waals surface area contributed by atoms with Gasteiger partial charge < -0.3 is 20.1 Å². The average Bonchev–Trinajstić information content (AvgIpc) is 3.21. The number of anilines is 1. The van der Waals surface area contributed by atoms with Crippen LogP contribution >= 0.6 is 0 Å². The molecule has 6 nitrogen and oxygen atoms in total. The van der Waals surface area contributed by atoms with Crippen LogP contribution in [0.15, 0.2) is 24.3 Å². The van der Waals surface area contributed by atoms with Gasteiger partial charge in [0, 0.05) is 34.9 Å². The second-order valence-electron chi connectivity index (χ2n) is 8.59. The maximum Gasteiger partial charge on any atom is 0.152 e. The predicted molar refractivity (Wildman–Crippen MR) is 108 cm³/mol. The van der Waals surface area contributed by atoms with E-state index < -0.39 is 12.3 Å². The lowest BCUT2D eigenvalue weighted by Gasteiger charge is -2.29. The van der Waals surface area contributed by atoms with Gasteiger partial charge in [0.25, 0.3) is 0 Å². The third kappa shape index (κ3) is 3.24. The monoisotopic (exact) mass is 368 g/mol. The van der Waals surface area contributed by atoms with Gasteiger partial charge in [-0.1, -0.05) is 19.9 Å². The van der Waals surface area contributed by atoms with Crippen LogP contribution in [0.3, 0.4) is 0 Å². The van der Waals surface area contributed by atoms with Gasteiger partial charge in [0.15, 0.2) is 6.23 Å². The lowest BCUT2D eigenvalue weighted by molar-refractivity contribution is 0.0326. The molecule has 4 N–H and O–H groups in total. The van der Waals surface area contributed by atoms with Crippen molar-refractivity contribution in [3.05, 3.63) is 35.5 Å². The Morgan fingerprint density at radius 3 is 2.74 bits per heavy atom. The minimum absolute atomic E-state index is 0.321. The van der Waals surface area contributed by atoms with Crippen LogP contribution < -0.4 is 4.90 Å². The van der Waals surface area contributed by atoms with Gasteiger partial charge in [-0.25, -0.2) is 0 Å². The Kier molecular flexibility index (Phi) is 4.28. The third-order valence-electron chi connectivity index (χ3n) is 5.76. The van der Waals surface area contributed by atoms with Crippen LogP contribution in [-0.2, 0) is 12.8 Å². The van der Waals surface area contributed by atoms with Crippen molar-refractivity contribution >= 4 is 16.6 Å². The average molecular weight is 368 g/mol. The summed E-state index contributed by atoms with van der Waals surface area (Å²) in [6.07, 6.45) is 1.46. The molecular weight excluding hydrogens is 340 g/mol. The van der Waals surface area contributed by atoms with Gasteiger partial charge >= 0.3 is 0 Å². The molecule has 0 fully saturated rings. The molecule has 2 atom stereocenters. The molecule has 1 aliphatic carbocycles. The lowest BCUT2D eigenvalue weighted by Crippen LogP contribution is -2.39. The van der Waals surface area contributed by atoms with Crippen molar-refractivity contribution in [1.29, 1.82) is 0 Å². The van der Waals surface area contributed by atoms with E-state index in [4.69, 9.17) is 0 Å². The number of benzene rings is 1. The number of likely N-dealkylation sites (N-methyl/N-ethyl adjacent to an activating group) is 1. The van der Waals surface area contributed by atoms with E-state index in [9.17, 15) is 10.2 Å². The summed E-state index contributed by atoms with van der Waals surface area (Å²) in [5.74, 6) is 0. The number of aromatic amines is 2. The van der Waals surface area contributed by atoms with Crippen molar-refractivity contribution in [2.75, 3.05) is 11.9 Å². The zero-order chi connectivity index (χ0) is 19.3. The number of nitrogens with one attached hydrogen (secondary N) is 2. The Balaban J connectivity index is 1.68. The minimum Gasteiger partial charge on any atom is -0.389 e. The van der Waals surface area contributed by atoms with Crippen molar-refractivity contribution in [1.82, 2.24) is 15.2 Å². The Morgan fingerprint density at radius 1 is 1.22 bits per heavy atom. The highest BCUT2D eigenvalue weighted by atomic mass is 16.3. The number of hydrogen-bond acceptors (Lipinski definition) is 4. The van der Waals surface area contributed by atoms with Crippen LogP contribution in [0.2, 0.25) is 0 Å². The second kappa shape index (κ2) is 6.39. The third-order valence-corrected chi connectivity index (χ3v) is 5.76. The van der Waals surface area contributed by atoms with Crippen LogP contribution in [0.25, 0.3) is 22.3 Å². The van der Waals surface area contributed by atoms with Crippen LogP contribution in [0.5, 0.6) is 0 Å². The van der Waals surface area contributed by atoms with Gasteiger partial charge in [0.05, 0.1) is 11.8 Å². The summed E-state index contributed by atoms with van der Waals surface area (Å²) in [4.78, 5) is 5.15. The van der Waals surface area contributed by atoms with Crippen molar-refractivity contribution in [3.8, 4) is 11.4 Å². The number of nitrogens with zero attached hydrogens (tertiary/aromatic N) is 2. The molecule has 2 heterocycles. The number of H-pyrrole nitrogens is 2. The van der Waals surface area contributed by atoms with E-state index in [-0.39, 0.29) is 0 Å². The van der Waals surface area contributed by atoms with E-state index in [1.165, 1.54) is 17.7 Å². The van der Waals surface area contributed by atoms with Crippen LogP contribution in [0, 0.1) is 5.41 Å². The van der Waals surface area contributed by atoms with E-state index >= 15 is 0 Å². The number of hydrogen-bond donors (Lipinski definition) is 4. The molecule has 0 saturated heterocycles. The molecule has 144 valence electrons. The molecule has 1 aliphatic rings. The Hall–Kier alpha value is -2.31. The number of aliphatic hydroxyl groups excluding tert-OH is 2. The largest absolute Gasteiger partial charge is 0.389 e. The number of aromatic nitrogens is 3. The lowest BCUT2D eigenvalue weighted by atomic mass is 9.76. The molecule has 2 aromatic heterocycles. The molecule has 3 aromatic rings. The molecule has 0 aliphatic heterocycles. The van der Waals surface area contributed by atoms with Gasteiger partial charge in [-0.2, -0.15) is 5.10 Å². The normalized spacial score (nSPS) is 18.3. The number of aliphatic hydroxyl groups is 2. The van der Waals surface area contributed by atoms with E-state index in [0.29, 0.717) is 5.41 Å². The predicted octanol–water partition coefficient (Wildman–Crippen LogP) is 3.21. The molecule has 1 aromatic carbocycles. The summed E-state index contributed by atoms with van der Waals surface area (Å²) >= 11 is 0. The van der Waals surface area contributed by atoms with Crippen LogP contribution in [0.1, 0.15) is 38.4 Å². The zero-order valence-corrected chi connectivity index (χ0v) is 16.4. The first-order valence-electron chi connectivity index (χ1n) is 9.53.